The molecule has 0 aliphatic rings. The monoisotopic (exact) mass is 373 g/mol. The first-order chi connectivity index (χ1) is 13.7. The van der Waals surface area contributed by atoms with Crippen molar-refractivity contribution in [1.29, 1.82) is 0 Å². The second kappa shape index (κ2) is 7.52. The van der Waals surface area contributed by atoms with Crippen LogP contribution >= 0.6 is 0 Å². The third kappa shape index (κ3) is 3.32. The van der Waals surface area contributed by atoms with Crippen molar-refractivity contribution in [2.75, 3.05) is 11.9 Å². The summed E-state index contributed by atoms with van der Waals surface area (Å²) < 4.78 is 7.29. The standard InChI is InChI=1S/C22H19N3O3/c1-2-25-19-8-4-3-7-17(19)18-12-16(9-10-20(18)25)24-21(26)14-28-22(27)15-6-5-11-23-13-15/h3-13H,2,14H2,1H3,(H,24,26). The van der Waals surface area contributed by atoms with Gasteiger partial charge in [0.25, 0.3) is 5.91 Å². The van der Waals surface area contributed by atoms with Crippen molar-refractivity contribution >= 4 is 39.4 Å². The quantitative estimate of drug-likeness (QED) is 0.537. The molecule has 4 rings (SSSR count). The van der Waals surface area contributed by atoms with E-state index in [1.807, 2.05) is 30.3 Å². The van der Waals surface area contributed by atoms with Crippen LogP contribution in [0.3, 0.4) is 0 Å². The summed E-state index contributed by atoms with van der Waals surface area (Å²) in [5.74, 6) is -0.972. The number of benzene rings is 2. The van der Waals surface area contributed by atoms with E-state index in [1.54, 1.807) is 18.3 Å². The van der Waals surface area contributed by atoms with Crippen LogP contribution in [0.5, 0.6) is 0 Å². The van der Waals surface area contributed by atoms with Gasteiger partial charge in [-0.3, -0.25) is 9.78 Å². The van der Waals surface area contributed by atoms with E-state index in [-0.39, 0.29) is 6.61 Å². The van der Waals surface area contributed by atoms with Crippen LogP contribution in [0.2, 0.25) is 0 Å². The Hall–Kier alpha value is -3.67. The number of aromatic nitrogens is 2. The topological polar surface area (TPSA) is 73.2 Å². The van der Waals surface area contributed by atoms with Gasteiger partial charge in [-0.1, -0.05) is 18.2 Å². The van der Waals surface area contributed by atoms with Crippen molar-refractivity contribution in [2.45, 2.75) is 13.5 Å². The molecule has 1 N–H and O–H groups in total. The summed E-state index contributed by atoms with van der Waals surface area (Å²) in [5, 5.41) is 5.00. The number of esters is 1. The van der Waals surface area contributed by atoms with E-state index in [1.165, 1.54) is 6.20 Å². The number of rotatable bonds is 5. The zero-order valence-corrected chi connectivity index (χ0v) is 15.4. The SMILES string of the molecule is CCn1c2ccccc2c2cc(NC(=O)COC(=O)c3cccnc3)ccc21. The Morgan fingerprint density at radius 2 is 1.86 bits per heavy atom. The van der Waals surface area contributed by atoms with Gasteiger partial charge in [0.1, 0.15) is 0 Å². The third-order valence-electron chi connectivity index (χ3n) is 4.60. The predicted molar refractivity (Wildman–Crippen MR) is 108 cm³/mol. The van der Waals surface area contributed by atoms with E-state index in [4.69, 9.17) is 4.74 Å². The minimum Gasteiger partial charge on any atom is -0.452 e. The molecular weight excluding hydrogens is 354 g/mol. The maximum atomic E-state index is 12.2. The number of hydrogen-bond acceptors (Lipinski definition) is 4. The predicted octanol–water partition coefficient (Wildman–Crippen LogP) is 4.00. The number of amides is 1. The smallest absolute Gasteiger partial charge is 0.340 e. The Morgan fingerprint density at radius 3 is 2.64 bits per heavy atom. The number of hydrogen-bond donors (Lipinski definition) is 1. The molecule has 28 heavy (non-hydrogen) atoms. The molecule has 6 heteroatoms. The first-order valence-corrected chi connectivity index (χ1v) is 9.05. The van der Waals surface area contributed by atoms with E-state index in [2.05, 4.69) is 33.9 Å². The van der Waals surface area contributed by atoms with Gasteiger partial charge < -0.3 is 14.6 Å². The van der Waals surface area contributed by atoms with Crippen molar-refractivity contribution in [1.82, 2.24) is 9.55 Å². The number of anilines is 1. The number of fused-ring (bicyclic) bond motifs is 3. The maximum absolute atomic E-state index is 12.2. The van der Waals surface area contributed by atoms with Crippen LogP contribution in [0.1, 0.15) is 17.3 Å². The first kappa shape index (κ1) is 17.7. The Bertz CT molecular complexity index is 1170. The number of pyridine rings is 1. The molecule has 0 aliphatic heterocycles. The number of carbonyl (C=O) groups excluding carboxylic acids is 2. The highest BCUT2D eigenvalue weighted by Crippen LogP contribution is 2.30. The van der Waals surface area contributed by atoms with E-state index >= 15 is 0 Å². The lowest BCUT2D eigenvalue weighted by Gasteiger charge is -2.07. The van der Waals surface area contributed by atoms with Gasteiger partial charge >= 0.3 is 5.97 Å². The molecule has 140 valence electrons. The van der Waals surface area contributed by atoms with Crippen LogP contribution in [0.25, 0.3) is 21.8 Å². The Morgan fingerprint density at radius 1 is 1.04 bits per heavy atom. The van der Waals surface area contributed by atoms with Gasteiger partial charge in [0.05, 0.1) is 5.56 Å². The molecular formula is C22H19N3O3. The Labute approximate surface area is 161 Å². The minimum atomic E-state index is -0.579. The molecule has 0 bridgehead atoms. The van der Waals surface area contributed by atoms with Crippen LogP contribution < -0.4 is 5.32 Å². The largest absolute Gasteiger partial charge is 0.452 e. The van der Waals surface area contributed by atoms with Crippen molar-refractivity contribution in [2.24, 2.45) is 0 Å². The van der Waals surface area contributed by atoms with Gasteiger partial charge in [-0.15, -0.1) is 0 Å². The van der Waals surface area contributed by atoms with Gasteiger partial charge in [0.2, 0.25) is 0 Å². The van der Waals surface area contributed by atoms with Gasteiger partial charge in [-0.05, 0) is 43.3 Å². The normalized spacial score (nSPS) is 10.9. The van der Waals surface area contributed by atoms with Gasteiger partial charge in [-0.2, -0.15) is 0 Å². The van der Waals surface area contributed by atoms with Gasteiger partial charge in [0, 0.05) is 46.4 Å². The highest BCUT2D eigenvalue weighted by molar-refractivity contribution is 6.10. The number of carbonyl (C=O) groups is 2. The summed E-state index contributed by atoms with van der Waals surface area (Å²) >= 11 is 0. The van der Waals surface area contributed by atoms with E-state index in [0.29, 0.717) is 11.3 Å². The molecule has 0 radical (unpaired) electrons. The lowest BCUT2D eigenvalue weighted by atomic mass is 10.1. The Balaban J connectivity index is 1.51. The van der Waals surface area contributed by atoms with Gasteiger partial charge in [0.15, 0.2) is 6.61 Å². The van der Waals surface area contributed by atoms with Crippen molar-refractivity contribution in [3.63, 3.8) is 0 Å². The van der Waals surface area contributed by atoms with E-state index in [0.717, 1.165) is 28.4 Å². The van der Waals surface area contributed by atoms with Crippen molar-refractivity contribution < 1.29 is 14.3 Å². The van der Waals surface area contributed by atoms with Gasteiger partial charge in [-0.25, -0.2) is 4.79 Å². The number of para-hydroxylation sites is 1. The zero-order chi connectivity index (χ0) is 19.5. The van der Waals surface area contributed by atoms with Crippen LogP contribution in [0, 0.1) is 0 Å². The van der Waals surface area contributed by atoms with E-state index < -0.39 is 11.9 Å². The zero-order valence-electron chi connectivity index (χ0n) is 15.4. The lowest BCUT2D eigenvalue weighted by Crippen LogP contribution is -2.20. The summed E-state index contributed by atoms with van der Waals surface area (Å²) in [7, 11) is 0. The molecule has 0 atom stereocenters. The summed E-state index contributed by atoms with van der Waals surface area (Å²) in [6, 6.07) is 17.2. The molecule has 2 aromatic heterocycles. The molecule has 0 saturated carbocycles. The highest BCUT2D eigenvalue weighted by atomic mass is 16.5. The summed E-state index contributed by atoms with van der Waals surface area (Å²) in [4.78, 5) is 28.0. The molecule has 0 aliphatic carbocycles. The summed E-state index contributed by atoms with van der Waals surface area (Å²) in [6.45, 7) is 2.61. The second-order valence-electron chi connectivity index (χ2n) is 6.36. The highest BCUT2D eigenvalue weighted by Gasteiger charge is 2.13. The molecule has 0 unspecified atom stereocenters. The molecule has 1 amide bonds. The van der Waals surface area contributed by atoms with Crippen LogP contribution in [-0.4, -0.2) is 28.0 Å². The van der Waals surface area contributed by atoms with Crippen LogP contribution in [-0.2, 0) is 16.1 Å². The molecule has 0 saturated heterocycles. The molecule has 0 spiro atoms. The van der Waals surface area contributed by atoms with Crippen molar-refractivity contribution in [3.05, 3.63) is 72.6 Å². The first-order valence-electron chi connectivity index (χ1n) is 9.05. The minimum absolute atomic E-state index is 0.309. The molecule has 2 aromatic carbocycles. The third-order valence-corrected chi connectivity index (χ3v) is 4.60. The average molecular weight is 373 g/mol. The Kier molecular flexibility index (Phi) is 4.76. The molecule has 2 heterocycles. The van der Waals surface area contributed by atoms with Crippen LogP contribution in [0.15, 0.2) is 67.0 Å². The molecule has 0 fully saturated rings. The molecule has 6 nitrogen and oxygen atoms in total. The second-order valence-corrected chi connectivity index (χ2v) is 6.36. The number of nitrogens with one attached hydrogen (secondary N) is 1. The van der Waals surface area contributed by atoms with Crippen LogP contribution in [0.4, 0.5) is 5.69 Å². The maximum Gasteiger partial charge on any atom is 0.340 e. The number of ether oxygens (including phenoxy) is 1. The summed E-state index contributed by atoms with van der Waals surface area (Å²) in [6.07, 6.45) is 2.97. The average Bonchev–Trinajstić information content (AvgIpc) is 3.05. The molecule has 4 aromatic rings. The van der Waals surface area contributed by atoms with Crippen molar-refractivity contribution in [3.8, 4) is 0 Å². The lowest BCUT2D eigenvalue weighted by molar-refractivity contribution is -0.119. The fourth-order valence-electron chi connectivity index (χ4n) is 3.37. The number of nitrogens with zero attached hydrogens (tertiary/aromatic N) is 2. The fraction of sp³-hybridized carbons (Fsp3) is 0.136. The summed E-state index contributed by atoms with van der Waals surface area (Å²) in [5.41, 5.74) is 3.25. The number of aryl methyl sites for hydroxylation is 1. The van der Waals surface area contributed by atoms with E-state index in [9.17, 15) is 9.59 Å². The fourth-order valence-corrected chi connectivity index (χ4v) is 3.37.